The van der Waals surface area contributed by atoms with Gasteiger partial charge in [0.1, 0.15) is 0 Å². The summed E-state index contributed by atoms with van der Waals surface area (Å²) in [6.45, 7) is 6.21. The maximum Gasteiger partial charge on any atom is 0.0771 e. The molecule has 1 aromatic rings. The summed E-state index contributed by atoms with van der Waals surface area (Å²) in [5, 5.41) is 3.60. The highest BCUT2D eigenvalue weighted by molar-refractivity contribution is 5.32. The average molecular weight is 219 g/mol. The Morgan fingerprint density at radius 1 is 1.31 bits per heavy atom. The lowest BCUT2D eigenvalue weighted by molar-refractivity contribution is -0.00269. The van der Waals surface area contributed by atoms with E-state index >= 15 is 0 Å². The molecule has 0 saturated heterocycles. The van der Waals surface area contributed by atoms with E-state index in [4.69, 9.17) is 4.74 Å². The third-order valence-electron chi connectivity index (χ3n) is 3.23. The number of fused-ring (bicyclic) bond motifs is 1. The van der Waals surface area contributed by atoms with Crippen molar-refractivity contribution in [1.82, 2.24) is 5.32 Å². The van der Waals surface area contributed by atoms with Crippen LogP contribution in [0.2, 0.25) is 0 Å². The van der Waals surface area contributed by atoms with Crippen LogP contribution in [-0.2, 0) is 11.3 Å². The van der Waals surface area contributed by atoms with Gasteiger partial charge < -0.3 is 10.1 Å². The summed E-state index contributed by atoms with van der Waals surface area (Å²) in [6.07, 6.45) is 2.55. The van der Waals surface area contributed by atoms with Gasteiger partial charge in [-0.3, -0.25) is 0 Å². The highest BCUT2D eigenvalue weighted by atomic mass is 16.5. The molecule has 0 aliphatic carbocycles. The van der Waals surface area contributed by atoms with Gasteiger partial charge in [-0.05, 0) is 30.5 Å². The van der Waals surface area contributed by atoms with E-state index in [0.717, 1.165) is 26.0 Å². The molecule has 0 fully saturated rings. The van der Waals surface area contributed by atoms with Gasteiger partial charge in [-0.1, -0.05) is 38.1 Å². The fourth-order valence-electron chi connectivity index (χ4n) is 2.36. The van der Waals surface area contributed by atoms with Crippen molar-refractivity contribution in [1.29, 1.82) is 0 Å². The molecule has 0 saturated carbocycles. The predicted octanol–water partition coefficient (Wildman–Crippen LogP) is 3.04. The van der Waals surface area contributed by atoms with Crippen LogP contribution in [0, 0.1) is 0 Å². The number of rotatable bonds is 4. The maximum absolute atomic E-state index is 5.90. The van der Waals surface area contributed by atoms with Crippen molar-refractivity contribution >= 4 is 0 Å². The Labute approximate surface area is 98.0 Å². The summed E-state index contributed by atoms with van der Waals surface area (Å²) >= 11 is 0. The van der Waals surface area contributed by atoms with Crippen LogP contribution in [0.5, 0.6) is 0 Å². The molecule has 0 radical (unpaired) electrons. The Balaban J connectivity index is 2.22. The zero-order chi connectivity index (χ0) is 11.4. The molecule has 2 heteroatoms. The average Bonchev–Trinajstić information content (AvgIpc) is 2.35. The quantitative estimate of drug-likeness (QED) is 0.840. The first-order valence-electron chi connectivity index (χ1n) is 6.29. The number of ether oxygens (including phenoxy) is 1. The monoisotopic (exact) mass is 219 g/mol. The second-order valence-electron chi connectivity index (χ2n) is 4.39. The zero-order valence-corrected chi connectivity index (χ0v) is 10.2. The van der Waals surface area contributed by atoms with Crippen molar-refractivity contribution in [2.75, 3.05) is 6.54 Å². The minimum absolute atomic E-state index is 0.321. The highest BCUT2D eigenvalue weighted by Crippen LogP contribution is 2.30. The largest absolute Gasteiger partial charge is 0.372 e. The van der Waals surface area contributed by atoms with Crippen molar-refractivity contribution in [2.45, 2.75) is 45.4 Å². The van der Waals surface area contributed by atoms with Gasteiger partial charge in [0.25, 0.3) is 0 Å². The fraction of sp³-hybridized carbons (Fsp3) is 0.571. The van der Waals surface area contributed by atoms with Gasteiger partial charge in [0.15, 0.2) is 0 Å². The number of hydrogen-bond acceptors (Lipinski definition) is 2. The molecule has 1 aromatic carbocycles. The molecule has 2 rings (SSSR count). The Morgan fingerprint density at radius 2 is 2.12 bits per heavy atom. The van der Waals surface area contributed by atoms with Crippen molar-refractivity contribution in [3.05, 3.63) is 35.4 Å². The summed E-state index contributed by atoms with van der Waals surface area (Å²) in [5.41, 5.74) is 2.76. The summed E-state index contributed by atoms with van der Waals surface area (Å²) in [5.74, 6) is 0. The van der Waals surface area contributed by atoms with E-state index in [9.17, 15) is 0 Å². The lowest BCUT2D eigenvalue weighted by Gasteiger charge is -2.34. The van der Waals surface area contributed by atoms with Crippen LogP contribution < -0.4 is 5.32 Å². The highest BCUT2D eigenvalue weighted by Gasteiger charge is 2.28. The summed E-state index contributed by atoms with van der Waals surface area (Å²) in [6, 6.07) is 8.98. The zero-order valence-electron chi connectivity index (χ0n) is 10.2. The molecule has 0 bridgehead atoms. The van der Waals surface area contributed by atoms with Crippen molar-refractivity contribution in [3.63, 3.8) is 0 Å². The number of hydrogen-bond donors (Lipinski definition) is 1. The molecule has 16 heavy (non-hydrogen) atoms. The van der Waals surface area contributed by atoms with Crippen molar-refractivity contribution in [2.24, 2.45) is 0 Å². The lowest BCUT2D eigenvalue weighted by atomic mass is 9.92. The molecule has 2 atom stereocenters. The van der Waals surface area contributed by atoms with E-state index in [-0.39, 0.29) is 0 Å². The first kappa shape index (κ1) is 11.6. The van der Waals surface area contributed by atoms with E-state index in [2.05, 4.69) is 43.4 Å². The summed E-state index contributed by atoms with van der Waals surface area (Å²) in [7, 11) is 0. The Bertz CT molecular complexity index is 337. The van der Waals surface area contributed by atoms with Gasteiger partial charge in [-0.15, -0.1) is 0 Å². The minimum atomic E-state index is 0.321. The van der Waals surface area contributed by atoms with Crippen LogP contribution in [0.3, 0.4) is 0 Å². The maximum atomic E-state index is 5.90. The smallest absolute Gasteiger partial charge is 0.0771 e. The Hall–Kier alpha value is -0.860. The Kier molecular flexibility index (Phi) is 3.97. The molecule has 1 aliphatic heterocycles. The van der Waals surface area contributed by atoms with Crippen LogP contribution in [0.4, 0.5) is 0 Å². The van der Waals surface area contributed by atoms with E-state index in [1.165, 1.54) is 11.1 Å². The van der Waals surface area contributed by atoms with Gasteiger partial charge in [0.2, 0.25) is 0 Å². The first-order chi connectivity index (χ1) is 7.86. The third-order valence-corrected chi connectivity index (χ3v) is 3.23. The molecular formula is C14H21NO. The normalized spacial score (nSPS) is 24.1. The second kappa shape index (κ2) is 5.46. The fourth-order valence-corrected chi connectivity index (χ4v) is 2.36. The van der Waals surface area contributed by atoms with E-state index < -0.39 is 0 Å². The van der Waals surface area contributed by atoms with Gasteiger partial charge >= 0.3 is 0 Å². The molecular weight excluding hydrogens is 198 g/mol. The lowest BCUT2D eigenvalue weighted by Crippen LogP contribution is -2.37. The SMILES string of the molecule is CCCNC1c2ccccc2COC1CC. The molecule has 0 amide bonds. The molecule has 88 valence electrons. The molecule has 1 heterocycles. The molecule has 2 nitrogen and oxygen atoms in total. The molecule has 1 aliphatic rings. The molecule has 0 spiro atoms. The number of nitrogens with one attached hydrogen (secondary N) is 1. The van der Waals surface area contributed by atoms with Crippen LogP contribution in [-0.4, -0.2) is 12.6 Å². The standard InChI is InChI=1S/C14H21NO/c1-3-9-15-14-12-8-6-5-7-11(12)10-16-13(14)4-2/h5-8,13-15H,3-4,9-10H2,1-2H3. The third kappa shape index (κ3) is 2.28. The van der Waals surface area contributed by atoms with Gasteiger partial charge in [0.05, 0.1) is 18.8 Å². The summed E-state index contributed by atoms with van der Waals surface area (Å²) in [4.78, 5) is 0. The minimum Gasteiger partial charge on any atom is -0.372 e. The van der Waals surface area contributed by atoms with Crippen molar-refractivity contribution < 1.29 is 4.74 Å². The predicted molar refractivity (Wildman–Crippen MR) is 66.3 cm³/mol. The van der Waals surface area contributed by atoms with Crippen LogP contribution in [0.15, 0.2) is 24.3 Å². The molecule has 0 aromatic heterocycles. The number of benzene rings is 1. The van der Waals surface area contributed by atoms with E-state index in [1.807, 2.05) is 0 Å². The Morgan fingerprint density at radius 3 is 2.88 bits per heavy atom. The van der Waals surface area contributed by atoms with Crippen LogP contribution in [0.25, 0.3) is 0 Å². The van der Waals surface area contributed by atoms with Crippen LogP contribution in [0.1, 0.15) is 43.9 Å². The van der Waals surface area contributed by atoms with E-state index in [0.29, 0.717) is 12.1 Å². The van der Waals surface area contributed by atoms with Crippen molar-refractivity contribution in [3.8, 4) is 0 Å². The second-order valence-corrected chi connectivity index (χ2v) is 4.39. The van der Waals surface area contributed by atoms with Gasteiger partial charge in [0, 0.05) is 0 Å². The van der Waals surface area contributed by atoms with E-state index in [1.54, 1.807) is 0 Å². The van der Waals surface area contributed by atoms with Gasteiger partial charge in [-0.2, -0.15) is 0 Å². The topological polar surface area (TPSA) is 21.3 Å². The van der Waals surface area contributed by atoms with Crippen LogP contribution >= 0.6 is 0 Å². The van der Waals surface area contributed by atoms with Gasteiger partial charge in [-0.25, -0.2) is 0 Å². The molecule has 2 unspecified atom stereocenters. The first-order valence-corrected chi connectivity index (χ1v) is 6.29. The molecule has 1 N–H and O–H groups in total. The summed E-state index contributed by atoms with van der Waals surface area (Å²) < 4.78 is 5.90.